The average Bonchev–Trinajstić information content (AvgIpc) is 3.24. The highest BCUT2D eigenvalue weighted by Gasteiger charge is 2.21. The molecule has 1 aromatic heterocycles. The minimum absolute atomic E-state index is 0.363. The molecule has 5 heteroatoms. The van der Waals surface area contributed by atoms with Gasteiger partial charge >= 0.3 is 0 Å². The molecule has 0 radical (unpaired) electrons. The lowest BCUT2D eigenvalue weighted by Crippen LogP contribution is -2.37. The van der Waals surface area contributed by atoms with Gasteiger partial charge in [-0.3, -0.25) is 4.99 Å². The zero-order valence-corrected chi connectivity index (χ0v) is 13.3. The van der Waals surface area contributed by atoms with E-state index in [1.165, 1.54) is 25.7 Å². The third-order valence-corrected chi connectivity index (χ3v) is 4.33. The number of hydrogen-bond acceptors (Lipinski definition) is 3. The Hall–Kier alpha value is -1.78. The van der Waals surface area contributed by atoms with Gasteiger partial charge in [0.2, 0.25) is 5.88 Å². The van der Waals surface area contributed by atoms with Crippen molar-refractivity contribution in [3.8, 4) is 5.88 Å². The van der Waals surface area contributed by atoms with Gasteiger partial charge in [-0.2, -0.15) is 0 Å². The Kier molecular flexibility index (Phi) is 5.14. The molecule has 22 heavy (non-hydrogen) atoms. The molecule has 2 N–H and O–H groups in total. The van der Waals surface area contributed by atoms with Crippen molar-refractivity contribution in [3.63, 3.8) is 0 Å². The summed E-state index contributed by atoms with van der Waals surface area (Å²) >= 11 is 0. The minimum atomic E-state index is 0.363. The first-order valence-corrected chi connectivity index (χ1v) is 8.39. The smallest absolute Gasteiger partial charge is 0.213 e. The zero-order valence-electron chi connectivity index (χ0n) is 13.3. The molecule has 120 valence electrons. The molecule has 0 aliphatic heterocycles. The van der Waals surface area contributed by atoms with E-state index in [9.17, 15) is 0 Å². The van der Waals surface area contributed by atoms with Gasteiger partial charge in [-0.1, -0.05) is 6.07 Å². The van der Waals surface area contributed by atoms with Gasteiger partial charge in [-0.25, -0.2) is 4.98 Å². The molecule has 3 rings (SSSR count). The summed E-state index contributed by atoms with van der Waals surface area (Å²) in [4.78, 5) is 8.65. The topological polar surface area (TPSA) is 58.5 Å². The van der Waals surface area contributed by atoms with Crippen LogP contribution >= 0.6 is 0 Å². The Balaban J connectivity index is 1.43. The van der Waals surface area contributed by atoms with Crippen molar-refractivity contribution in [2.45, 2.75) is 51.2 Å². The number of nitrogens with one attached hydrogen (secondary N) is 2. The SMILES string of the molecule is CN=C(NCc1ccc(OC2CCCC2)nc1)NCC1CC1. The first-order valence-electron chi connectivity index (χ1n) is 8.39. The summed E-state index contributed by atoms with van der Waals surface area (Å²) in [6.07, 6.45) is 9.81. The maximum atomic E-state index is 5.88. The minimum Gasteiger partial charge on any atom is -0.474 e. The zero-order chi connectivity index (χ0) is 15.2. The van der Waals surface area contributed by atoms with E-state index >= 15 is 0 Å². The van der Waals surface area contributed by atoms with Crippen molar-refractivity contribution in [2.24, 2.45) is 10.9 Å². The first kappa shape index (κ1) is 15.1. The fraction of sp³-hybridized carbons (Fsp3) is 0.647. The van der Waals surface area contributed by atoms with E-state index in [0.29, 0.717) is 6.10 Å². The standard InChI is InChI=1S/C17H26N4O/c1-18-17(20-10-13-6-7-13)21-12-14-8-9-16(19-11-14)22-15-4-2-3-5-15/h8-9,11,13,15H,2-7,10,12H2,1H3,(H2,18,20,21). The summed E-state index contributed by atoms with van der Waals surface area (Å²) in [6, 6.07) is 4.04. The molecule has 2 saturated carbocycles. The third kappa shape index (κ3) is 4.61. The normalized spacial score (nSPS) is 19.2. The highest BCUT2D eigenvalue weighted by Crippen LogP contribution is 2.27. The van der Waals surface area contributed by atoms with Gasteiger partial charge in [-0.15, -0.1) is 0 Å². The van der Waals surface area contributed by atoms with Crippen LogP contribution in [0.4, 0.5) is 0 Å². The molecule has 0 atom stereocenters. The van der Waals surface area contributed by atoms with Crippen LogP contribution in [-0.4, -0.2) is 30.6 Å². The summed E-state index contributed by atoms with van der Waals surface area (Å²) in [7, 11) is 1.80. The number of ether oxygens (including phenoxy) is 1. The van der Waals surface area contributed by atoms with E-state index in [1.807, 2.05) is 12.3 Å². The third-order valence-electron chi connectivity index (χ3n) is 4.33. The fourth-order valence-corrected chi connectivity index (χ4v) is 2.73. The van der Waals surface area contributed by atoms with E-state index in [1.54, 1.807) is 7.05 Å². The monoisotopic (exact) mass is 302 g/mol. The summed E-state index contributed by atoms with van der Waals surface area (Å²) in [5.41, 5.74) is 1.13. The number of aliphatic imine (C=N–C) groups is 1. The Bertz CT molecular complexity index is 490. The molecule has 2 aliphatic rings. The number of aromatic nitrogens is 1. The molecule has 5 nitrogen and oxygen atoms in total. The predicted octanol–water partition coefficient (Wildman–Crippen LogP) is 2.48. The molecular weight excluding hydrogens is 276 g/mol. The van der Waals surface area contributed by atoms with Crippen molar-refractivity contribution < 1.29 is 4.74 Å². The maximum absolute atomic E-state index is 5.88. The van der Waals surface area contributed by atoms with Crippen molar-refractivity contribution in [1.29, 1.82) is 0 Å². The van der Waals surface area contributed by atoms with E-state index in [-0.39, 0.29) is 0 Å². The summed E-state index contributed by atoms with van der Waals surface area (Å²) < 4.78 is 5.88. The molecule has 0 amide bonds. The van der Waals surface area contributed by atoms with Crippen LogP contribution in [0.5, 0.6) is 5.88 Å². The van der Waals surface area contributed by atoms with Crippen LogP contribution in [0, 0.1) is 5.92 Å². The molecule has 0 spiro atoms. The Morgan fingerprint density at radius 2 is 2.05 bits per heavy atom. The lowest BCUT2D eigenvalue weighted by atomic mass is 10.3. The Morgan fingerprint density at radius 3 is 2.68 bits per heavy atom. The second-order valence-electron chi connectivity index (χ2n) is 6.28. The second-order valence-corrected chi connectivity index (χ2v) is 6.28. The van der Waals surface area contributed by atoms with Crippen molar-refractivity contribution in [2.75, 3.05) is 13.6 Å². The Labute approximate surface area is 132 Å². The second kappa shape index (κ2) is 7.47. The molecule has 1 heterocycles. The lowest BCUT2D eigenvalue weighted by molar-refractivity contribution is 0.201. The summed E-state index contributed by atoms with van der Waals surface area (Å²) in [5.74, 6) is 2.44. The molecule has 0 bridgehead atoms. The predicted molar refractivity (Wildman–Crippen MR) is 88.0 cm³/mol. The number of rotatable bonds is 6. The van der Waals surface area contributed by atoms with Crippen molar-refractivity contribution in [1.82, 2.24) is 15.6 Å². The highest BCUT2D eigenvalue weighted by atomic mass is 16.5. The number of nitrogens with zero attached hydrogens (tertiary/aromatic N) is 2. The Morgan fingerprint density at radius 1 is 1.23 bits per heavy atom. The van der Waals surface area contributed by atoms with Gasteiger partial charge in [0.15, 0.2) is 5.96 Å². The molecule has 0 unspecified atom stereocenters. The average molecular weight is 302 g/mol. The molecule has 1 aromatic rings. The van der Waals surface area contributed by atoms with E-state index in [0.717, 1.165) is 49.3 Å². The van der Waals surface area contributed by atoms with Crippen LogP contribution in [0.3, 0.4) is 0 Å². The lowest BCUT2D eigenvalue weighted by Gasteiger charge is -2.13. The van der Waals surface area contributed by atoms with Gasteiger partial charge in [-0.05, 0) is 50.0 Å². The number of guanidine groups is 1. The molecule has 0 aromatic carbocycles. The number of pyridine rings is 1. The molecule has 0 saturated heterocycles. The van der Waals surface area contributed by atoms with Crippen LogP contribution in [0.1, 0.15) is 44.1 Å². The van der Waals surface area contributed by atoms with E-state index < -0.39 is 0 Å². The largest absolute Gasteiger partial charge is 0.474 e. The quantitative estimate of drug-likeness (QED) is 0.626. The van der Waals surface area contributed by atoms with Crippen molar-refractivity contribution in [3.05, 3.63) is 23.9 Å². The number of hydrogen-bond donors (Lipinski definition) is 2. The molecule has 2 fully saturated rings. The van der Waals surface area contributed by atoms with Gasteiger partial charge in [0.1, 0.15) is 6.10 Å². The molecule has 2 aliphatic carbocycles. The molecular formula is C17H26N4O. The van der Waals surface area contributed by atoms with Gasteiger partial charge in [0.05, 0.1) is 0 Å². The maximum Gasteiger partial charge on any atom is 0.213 e. The van der Waals surface area contributed by atoms with Crippen LogP contribution in [-0.2, 0) is 6.54 Å². The van der Waals surface area contributed by atoms with Crippen LogP contribution in [0.15, 0.2) is 23.3 Å². The van der Waals surface area contributed by atoms with Gasteiger partial charge < -0.3 is 15.4 Å². The van der Waals surface area contributed by atoms with Crippen LogP contribution < -0.4 is 15.4 Å². The fourth-order valence-electron chi connectivity index (χ4n) is 2.73. The van der Waals surface area contributed by atoms with Gasteiger partial charge in [0.25, 0.3) is 0 Å². The van der Waals surface area contributed by atoms with E-state index in [4.69, 9.17) is 4.74 Å². The van der Waals surface area contributed by atoms with Crippen molar-refractivity contribution >= 4 is 5.96 Å². The van der Waals surface area contributed by atoms with E-state index in [2.05, 4.69) is 26.7 Å². The van der Waals surface area contributed by atoms with Gasteiger partial charge in [0, 0.05) is 32.4 Å². The van der Waals surface area contributed by atoms with Crippen LogP contribution in [0.25, 0.3) is 0 Å². The van der Waals surface area contributed by atoms with Crippen LogP contribution in [0.2, 0.25) is 0 Å². The first-order chi connectivity index (χ1) is 10.8. The summed E-state index contributed by atoms with van der Waals surface area (Å²) in [5, 5.41) is 6.67. The summed E-state index contributed by atoms with van der Waals surface area (Å²) in [6.45, 7) is 1.74. The highest BCUT2D eigenvalue weighted by molar-refractivity contribution is 5.79.